The van der Waals surface area contributed by atoms with Gasteiger partial charge < -0.3 is 19.7 Å². The standard InChI is InChI=1S/C21H24N2O3/c1-25-17-8-10-19(11-9-17)26-18-6-2-15(3-7-18)14-22-20-12-13-23(21(20)24)16-4-5-16/h2-3,6-11,16,20,22H,4-5,12-14H2,1H3. The maximum atomic E-state index is 12.3. The quantitative estimate of drug-likeness (QED) is 0.830. The van der Waals surface area contributed by atoms with Crippen LogP contribution in [0.4, 0.5) is 0 Å². The molecular formula is C21H24N2O3. The summed E-state index contributed by atoms with van der Waals surface area (Å²) in [6, 6.07) is 16.0. The van der Waals surface area contributed by atoms with Crippen LogP contribution < -0.4 is 14.8 Å². The third kappa shape index (κ3) is 3.83. The molecule has 2 aromatic carbocycles. The lowest BCUT2D eigenvalue weighted by atomic mass is 10.2. The second-order valence-electron chi connectivity index (χ2n) is 6.91. The fraction of sp³-hybridized carbons (Fsp3) is 0.381. The van der Waals surface area contributed by atoms with Gasteiger partial charge in [0.25, 0.3) is 0 Å². The van der Waals surface area contributed by atoms with E-state index in [1.165, 1.54) is 12.8 Å². The van der Waals surface area contributed by atoms with E-state index in [2.05, 4.69) is 5.32 Å². The Balaban J connectivity index is 1.29. The molecule has 136 valence electrons. The molecule has 1 atom stereocenters. The first kappa shape index (κ1) is 16.9. The fourth-order valence-corrected chi connectivity index (χ4v) is 3.34. The Labute approximate surface area is 153 Å². The van der Waals surface area contributed by atoms with Crippen LogP contribution in [0.1, 0.15) is 24.8 Å². The van der Waals surface area contributed by atoms with E-state index in [4.69, 9.17) is 9.47 Å². The molecule has 2 aromatic rings. The van der Waals surface area contributed by atoms with E-state index in [1.807, 2.05) is 53.4 Å². The highest BCUT2D eigenvalue weighted by Crippen LogP contribution is 2.30. The van der Waals surface area contributed by atoms with Gasteiger partial charge in [-0.05, 0) is 61.2 Å². The van der Waals surface area contributed by atoms with Gasteiger partial charge in [0, 0.05) is 19.1 Å². The van der Waals surface area contributed by atoms with E-state index in [9.17, 15) is 4.79 Å². The van der Waals surface area contributed by atoms with Gasteiger partial charge in [-0.1, -0.05) is 12.1 Å². The number of carbonyl (C=O) groups is 1. The lowest BCUT2D eigenvalue weighted by Gasteiger charge is -2.16. The number of benzene rings is 2. The number of likely N-dealkylation sites (tertiary alicyclic amines) is 1. The summed E-state index contributed by atoms with van der Waals surface area (Å²) in [5, 5.41) is 3.40. The molecule has 1 heterocycles. The average molecular weight is 352 g/mol. The van der Waals surface area contributed by atoms with E-state index in [0.717, 1.165) is 35.8 Å². The van der Waals surface area contributed by atoms with E-state index in [0.29, 0.717) is 12.6 Å². The Morgan fingerprint density at radius 3 is 2.19 bits per heavy atom. The van der Waals surface area contributed by atoms with Gasteiger partial charge in [-0.2, -0.15) is 0 Å². The summed E-state index contributed by atoms with van der Waals surface area (Å²) < 4.78 is 11.0. The normalized spacial score (nSPS) is 19.7. The minimum Gasteiger partial charge on any atom is -0.497 e. The summed E-state index contributed by atoms with van der Waals surface area (Å²) in [5.74, 6) is 2.64. The number of rotatable bonds is 7. The van der Waals surface area contributed by atoms with Crippen LogP contribution in [0, 0.1) is 0 Å². The van der Waals surface area contributed by atoms with Gasteiger partial charge in [0.1, 0.15) is 17.2 Å². The number of ether oxygens (including phenoxy) is 2. The van der Waals surface area contributed by atoms with Crippen LogP contribution in [0.15, 0.2) is 48.5 Å². The van der Waals surface area contributed by atoms with Crippen molar-refractivity contribution in [2.75, 3.05) is 13.7 Å². The molecule has 1 aliphatic heterocycles. The monoisotopic (exact) mass is 352 g/mol. The smallest absolute Gasteiger partial charge is 0.240 e. The zero-order chi connectivity index (χ0) is 17.9. The van der Waals surface area contributed by atoms with Crippen molar-refractivity contribution in [2.45, 2.75) is 37.9 Å². The number of carbonyl (C=O) groups excluding carboxylic acids is 1. The van der Waals surface area contributed by atoms with Crippen molar-refractivity contribution in [3.05, 3.63) is 54.1 Å². The van der Waals surface area contributed by atoms with Gasteiger partial charge in [0.15, 0.2) is 0 Å². The van der Waals surface area contributed by atoms with Crippen LogP contribution in [-0.2, 0) is 11.3 Å². The Kier molecular flexibility index (Phi) is 4.80. The molecule has 1 saturated carbocycles. The van der Waals surface area contributed by atoms with Crippen molar-refractivity contribution in [1.82, 2.24) is 10.2 Å². The summed E-state index contributed by atoms with van der Waals surface area (Å²) in [6.45, 7) is 1.59. The highest BCUT2D eigenvalue weighted by atomic mass is 16.5. The highest BCUT2D eigenvalue weighted by molar-refractivity contribution is 5.84. The molecule has 5 nitrogen and oxygen atoms in total. The minimum atomic E-state index is -0.0363. The van der Waals surface area contributed by atoms with Crippen LogP contribution >= 0.6 is 0 Å². The summed E-state index contributed by atoms with van der Waals surface area (Å²) in [6.07, 6.45) is 3.26. The SMILES string of the molecule is COc1ccc(Oc2ccc(CNC3CCN(C4CC4)C3=O)cc2)cc1. The maximum absolute atomic E-state index is 12.3. The molecule has 1 aliphatic carbocycles. The molecule has 0 aromatic heterocycles. The second kappa shape index (κ2) is 7.38. The van der Waals surface area contributed by atoms with Gasteiger partial charge in [0.05, 0.1) is 13.2 Å². The molecule has 1 amide bonds. The van der Waals surface area contributed by atoms with Crippen molar-refractivity contribution in [2.24, 2.45) is 0 Å². The van der Waals surface area contributed by atoms with Crippen LogP contribution in [-0.4, -0.2) is 36.5 Å². The zero-order valence-corrected chi connectivity index (χ0v) is 15.0. The van der Waals surface area contributed by atoms with Crippen molar-refractivity contribution >= 4 is 5.91 Å². The molecule has 1 unspecified atom stereocenters. The van der Waals surface area contributed by atoms with Crippen molar-refractivity contribution < 1.29 is 14.3 Å². The lowest BCUT2D eigenvalue weighted by molar-refractivity contribution is -0.129. The van der Waals surface area contributed by atoms with E-state index >= 15 is 0 Å². The molecule has 5 heteroatoms. The zero-order valence-electron chi connectivity index (χ0n) is 15.0. The summed E-state index contributed by atoms with van der Waals surface area (Å²) in [4.78, 5) is 14.4. The number of amides is 1. The third-order valence-corrected chi connectivity index (χ3v) is 5.00. The number of methoxy groups -OCH3 is 1. The molecule has 1 saturated heterocycles. The maximum Gasteiger partial charge on any atom is 0.240 e. The summed E-state index contributed by atoms with van der Waals surface area (Å²) >= 11 is 0. The second-order valence-corrected chi connectivity index (χ2v) is 6.91. The Morgan fingerprint density at radius 2 is 1.58 bits per heavy atom. The molecule has 2 aliphatic rings. The molecule has 0 radical (unpaired) electrons. The molecule has 2 fully saturated rings. The van der Waals surface area contributed by atoms with Crippen LogP contribution in [0.2, 0.25) is 0 Å². The van der Waals surface area contributed by atoms with Gasteiger partial charge in [0.2, 0.25) is 5.91 Å². The largest absolute Gasteiger partial charge is 0.497 e. The van der Waals surface area contributed by atoms with E-state index in [-0.39, 0.29) is 11.9 Å². The topological polar surface area (TPSA) is 50.8 Å². The van der Waals surface area contributed by atoms with E-state index in [1.54, 1.807) is 7.11 Å². The number of hydrogen-bond acceptors (Lipinski definition) is 4. The Morgan fingerprint density at radius 1 is 0.962 bits per heavy atom. The van der Waals surface area contributed by atoms with Gasteiger partial charge in [-0.25, -0.2) is 0 Å². The summed E-state index contributed by atoms with van der Waals surface area (Å²) in [7, 11) is 1.64. The number of hydrogen-bond donors (Lipinski definition) is 1. The van der Waals surface area contributed by atoms with Crippen molar-refractivity contribution in [1.29, 1.82) is 0 Å². The predicted molar refractivity (Wildman–Crippen MR) is 99.5 cm³/mol. The molecule has 0 bridgehead atoms. The Bertz CT molecular complexity index is 754. The van der Waals surface area contributed by atoms with Gasteiger partial charge in [-0.15, -0.1) is 0 Å². The summed E-state index contributed by atoms with van der Waals surface area (Å²) in [5.41, 5.74) is 1.14. The molecular weight excluding hydrogens is 328 g/mol. The van der Waals surface area contributed by atoms with Crippen LogP contribution in [0.5, 0.6) is 17.2 Å². The highest BCUT2D eigenvalue weighted by Gasteiger charge is 2.39. The van der Waals surface area contributed by atoms with Crippen molar-refractivity contribution in [3.63, 3.8) is 0 Å². The van der Waals surface area contributed by atoms with Gasteiger partial charge >= 0.3 is 0 Å². The third-order valence-electron chi connectivity index (χ3n) is 5.00. The van der Waals surface area contributed by atoms with E-state index < -0.39 is 0 Å². The molecule has 4 rings (SSSR count). The first-order chi connectivity index (χ1) is 12.7. The number of nitrogens with zero attached hydrogens (tertiary/aromatic N) is 1. The molecule has 0 spiro atoms. The fourth-order valence-electron chi connectivity index (χ4n) is 3.34. The minimum absolute atomic E-state index is 0.0363. The Hall–Kier alpha value is -2.53. The van der Waals surface area contributed by atoms with Gasteiger partial charge in [-0.3, -0.25) is 4.79 Å². The molecule has 26 heavy (non-hydrogen) atoms. The first-order valence-corrected chi connectivity index (χ1v) is 9.17. The van der Waals surface area contributed by atoms with Crippen molar-refractivity contribution in [3.8, 4) is 17.2 Å². The molecule has 1 N–H and O–H groups in total. The predicted octanol–water partition coefficient (Wildman–Crippen LogP) is 3.34. The number of nitrogens with one attached hydrogen (secondary N) is 1. The average Bonchev–Trinajstić information content (AvgIpc) is 3.45. The van der Waals surface area contributed by atoms with Crippen LogP contribution in [0.3, 0.4) is 0 Å². The lowest BCUT2D eigenvalue weighted by Crippen LogP contribution is -2.38. The van der Waals surface area contributed by atoms with Crippen LogP contribution in [0.25, 0.3) is 0 Å². The first-order valence-electron chi connectivity index (χ1n) is 9.17.